The van der Waals surface area contributed by atoms with Gasteiger partial charge in [-0.1, -0.05) is 46.3 Å². The van der Waals surface area contributed by atoms with Crippen molar-refractivity contribution in [2.45, 2.75) is 4.83 Å². The lowest BCUT2D eigenvalue weighted by Gasteiger charge is -2.07. The number of fused-ring (bicyclic) bond motifs is 1. The van der Waals surface area contributed by atoms with Crippen molar-refractivity contribution in [1.82, 2.24) is 0 Å². The predicted molar refractivity (Wildman–Crippen MR) is 79.0 cm³/mol. The highest BCUT2D eigenvalue weighted by Crippen LogP contribution is 2.38. The van der Waals surface area contributed by atoms with Crippen LogP contribution >= 0.6 is 27.3 Å². The number of hydrogen-bond acceptors (Lipinski definition) is 1. The molecule has 3 heteroatoms. The fraction of sp³-hybridized carbons (Fsp3) is 0.0667. The van der Waals surface area contributed by atoms with Gasteiger partial charge in [-0.3, -0.25) is 0 Å². The smallest absolute Gasteiger partial charge is 0.123 e. The topological polar surface area (TPSA) is 0 Å². The first kappa shape index (κ1) is 11.9. The third kappa shape index (κ3) is 2.20. The molecular formula is C15H10BrFS. The standard InChI is InChI=1S/C15H10BrFS/c16-15(10-5-7-12(17)8-6-10)14-9-11-3-1-2-4-13(11)18-14/h1-9,15H. The molecule has 1 heterocycles. The van der Waals surface area contributed by atoms with Crippen LogP contribution in [0.25, 0.3) is 10.1 Å². The fourth-order valence-corrected chi connectivity index (χ4v) is 3.71. The van der Waals surface area contributed by atoms with Crippen LogP contribution < -0.4 is 0 Å². The van der Waals surface area contributed by atoms with Gasteiger partial charge in [0.2, 0.25) is 0 Å². The van der Waals surface area contributed by atoms with Crippen molar-refractivity contribution in [2.75, 3.05) is 0 Å². The molecule has 18 heavy (non-hydrogen) atoms. The molecule has 1 atom stereocenters. The van der Waals surface area contributed by atoms with E-state index in [-0.39, 0.29) is 10.6 Å². The normalized spacial score (nSPS) is 12.8. The quantitative estimate of drug-likeness (QED) is 0.545. The van der Waals surface area contributed by atoms with E-state index in [0.717, 1.165) is 5.56 Å². The molecule has 3 rings (SSSR count). The van der Waals surface area contributed by atoms with Crippen molar-refractivity contribution >= 4 is 37.4 Å². The van der Waals surface area contributed by atoms with Crippen LogP contribution in [-0.4, -0.2) is 0 Å². The molecule has 0 saturated heterocycles. The van der Waals surface area contributed by atoms with Crippen LogP contribution in [0.15, 0.2) is 54.6 Å². The van der Waals surface area contributed by atoms with Crippen LogP contribution in [0.3, 0.4) is 0 Å². The van der Waals surface area contributed by atoms with Crippen LogP contribution in [0.2, 0.25) is 0 Å². The summed E-state index contributed by atoms with van der Waals surface area (Å²) in [6.45, 7) is 0. The summed E-state index contributed by atoms with van der Waals surface area (Å²) in [4.78, 5) is 1.36. The van der Waals surface area contributed by atoms with E-state index in [1.165, 1.54) is 27.1 Å². The van der Waals surface area contributed by atoms with E-state index in [9.17, 15) is 4.39 Å². The molecule has 2 aromatic carbocycles. The van der Waals surface area contributed by atoms with Crippen molar-refractivity contribution in [1.29, 1.82) is 0 Å². The Kier molecular flexibility index (Phi) is 3.18. The minimum atomic E-state index is -0.199. The van der Waals surface area contributed by atoms with Crippen molar-refractivity contribution in [3.05, 3.63) is 70.9 Å². The van der Waals surface area contributed by atoms with Gasteiger partial charge in [-0.15, -0.1) is 11.3 Å². The molecule has 0 nitrogen and oxygen atoms in total. The summed E-state index contributed by atoms with van der Waals surface area (Å²) < 4.78 is 14.2. The molecule has 0 N–H and O–H groups in total. The van der Waals surface area contributed by atoms with Gasteiger partial charge >= 0.3 is 0 Å². The van der Waals surface area contributed by atoms with Crippen molar-refractivity contribution in [3.8, 4) is 0 Å². The highest BCUT2D eigenvalue weighted by molar-refractivity contribution is 9.09. The molecule has 0 fully saturated rings. The van der Waals surface area contributed by atoms with Gasteiger partial charge in [0.25, 0.3) is 0 Å². The molecule has 3 aromatic rings. The molecule has 0 amide bonds. The number of rotatable bonds is 2. The van der Waals surface area contributed by atoms with Gasteiger partial charge in [0.15, 0.2) is 0 Å². The van der Waals surface area contributed by atoms with Crippen molar-refractivity contribution < 1.29 is 4.39 Å². The molecule has 1 unspecified atom stereocenters. The SMILES string of the molecule is Fc1ccc(C(Br)c2cc3ccccc3s2)cc1. The van der Waals surface area contributed by atoms with E-state index in [1.807, 2.05) is 24.3 Å². The first-order chi connectivity index (χ1) is 8.74. The third-order valence-electron chi connectivity index (χ3n) is 2.86. The average Bonchev–Trinajstić information content (AvgIpc) is 2.82. The van der Waals surface area contributed by atoms with Gasteiger partial charge in [-0.25, -0.2) is 4.39 Å². The fourth-order valence-electron chi connectivity index (χ4n) is 1.92. The molecule has 0 radical (unpaired) electrons. The Hall–Kier alpha value is -1.19. The minimum Gasteiger partial charge on any atom is -0.207 e. The van der Waals surface area contributed by atoms with E-state index in [0.29, 0.717) is 0 Å². The maximum Gasteiger partial charge on any atom is 0.123 e. The summed E-state index contributed by atoms with van der Waals surface area (Å²) in [7, 11) is 0. The summed E-state index contributed by atoms with van der Waals surface area (Å²) in [5.41, 5.74) is 1.07. The maximum atomic E-state index is 12.9. The first-order valence-corrected chi connectivity index (χ1v) is 7.35. The van der Waals surface area contributed by atoms with Gasteiger partial charge < -0.3 is 0 Å². The Labute approximate surface area is 117 Å². The second kappa shape index (κ2) is 4.82. The van der Waals surface area contributed by atoms with Crippen molar-refractivity contribution in [2.24, 2.45) is 0 Å². The Morgan fingerprint density at radius 1 is 1.00 bits per heavy atom. The number of thiophene rings is 1. The van der Waals surface area contributed by atoms with E-state index in [4.69, 9.17) is 0 Å². The molecule has 0 bridgehead atoms. The zero-order valence-corrected chi connectivity index (χ0v) is 11.8. The summed E-state index contributed by atoms with van der Waals surface area (Å²) in [6, 6.07) is 17.1. The van der Waals surface area contributed by atoms with Gasteiger partial charge in [0.1, 0.15) is 5.82 Å². The summed E-state index contributed by atoms with van der Waals surface area (Å²) in [5.74, 6) is -0.199. The van der Waals surface area contributed by atoms with E-state index < -0.39 is 0 Å². The Morgan fingerprint density at radius 3 is 2.44 bits per heavy atom. The molecule has 0 spiro atoms. The van der Waals surface area contributed by atoms with E-state index in [1.54, 1.807) is 11.3 Å². The first-order valence-electron chi connectivity index (χ1n) is 5.62. The van der Waals surface area contributed by atoms with Crippen LogP contribution in [-0.2, 0) is 0 Å². The van der Waals surface area contributed by atoms with Crippen LogP contribution in [0.1, 0.15) is 15.3 Å². The highest BCUT2D eigenvalue weighted by atomic mass is 79.9. The lowest BCUT2D eigenvalue weighted by Crippen LogP contribution is -1.89. The number of hydrogen-bond donors (Lipinski definition) is 0. The predicted octanol–water partition coefficient (Wildman–Crippen LogP) is 5.52. The average molecular weight is 321 g/mol. The van der Waals surface area contributed by atoms with Gasteiger partial charge in [0, 0.05) is 9.58 Å². The molecule has 0 aliphatic carbocycles. The zero-order valence-electron chi connectivity index (χ0n) is 9.44. The van der Waals surface area contributed by atoms with Gasteiger partial charge in [-0.05, 0) is 35.2 Å². The Morgan fingerprint density at radius 2 is 1.72 bits per heavy atom. The van der Waals surface area contributed by atoms with Crippen LogP contribution in [0, 0.1) is 5.82 Å². The number of alkyl halides is 1. The minimum absolute atomic E-state index is 0.121. The maximum absolute atomic E-state index is 12.9. The number of halogens is 2. The van der Waals surface area contributed by atoms with E-state index >= 15 is 0 Å². The molecule has 0 aliphatic heterocycles. The molecule has 1 aromatic heterocycles. The number of benzene rings is 2. The summed E-state index contributed by atoms with van der Waals surface area (Å²) in [5, 5.41) is 1.25. The molecule has 90 valence electrons. The van der Waals surface area contributed by atoms with Crippen LogP contribution in [0.4, 0.5) is 4.39 Å². The Bertz CT molecular complexity index is 639. The Balaban J connectivity index is 2.00. The summed E-state index contributed by atoms with van der Waals surface area (Å²) in [6.07, 6.45) is 0. The second-order valence-corrected chi connectivity index (χ2v) is 6.13. The molecule has 0 saturated carbocycles. The summed E-state index contributed by atoms with van der Waals surface area (Å²) >= 11 is 5.45. The molecule has 0 aliphatic rings. The van der Waals surface area contributed by atoms with Crippen molar-refractivity contribution in [3.63, 3.8) is 0 Å². The third-order valence-corrected chi connectivity index (χ3v) is 5.36. The monoisotopic (exact) mass is 320 g/mol. The second-order valence-electron chi connectivity index (χ2n) is 4.10. The largest absolute Gasteiger partial charge is 0.207 e. The van der Waals surface area contributed by atoms with Gasteiger partial charge in [-0.2, -0.15) is 0 Å². The van der Waals surface area contributed by atoms with Gasteiger partial charge in [0.05, 0.1) is 4.83 Å². The highest BCUT2D eigenvalue weighted by Gasteiger charge is 2.13. The zero-order chi connectivity index (χ0) is 12.5. The lowest BCUT2D eigenvalue weighted by molar-refractivity contribution is 0.627. The van der Waals surface area contributed by atoms with E-state index in [2.05, 4.69) is 34.1 Å². The lowest BCUT2D eigenvalue weighted by atomic mass is 10.1. The molecular weight excluding hydrogens is 311 g/mol. The van der Waals surface area contributed by atoms with Crippen LogP contribution in [0.5, 0.6) is 0 Å².